The van der Waals surface area contributed by atoms with Gasteiger partial charge >= 0.3 is 0 Å². The molecule has 0 aromatic carbocycles. The van der Waals surface area contributed by atoms with Crippen LogP contribution in [0, 0.1) is 0 Å². The number of ether oxygens (including phenoxy) is 2. The van der Waals surface area contributed by atoms with Crippen LogP contribution in [-0.2, 0) is 9.47 Å². The van der Waals surface area contributed by atoms with E-state index in [4.69, 9.17) is 9.47 Å². The Kier molecular flexibility index (Phi) is 3.93. The van der Waals surface area contributed by atoms with Gasteiger partial charge in [-0.1, -0.05) is 0 Å². The molecule has 2 fully saturated rings. The average molecular weight is 346 g/mol. The molecule has 4 nitrogen and oxygen atoms in total. The number of rotatable bonds is 2. The molecule has 1 amide bonds. The number of halogens is 1. The highest BCUT2D eigenvalue weighted by Crippen LogP contribution is 2.35. The van der Waals surface area contributed by atoms with Crippen molar-refractivity contribution in [2.75, 3.05) is 13.2 Å². The summed E-state index contributed by atoms with van der Waals surface area (Å²) in [5.74, 6) is -0.336. The molecule has 19 heavy (non-hydrogen) atoms. The van der Waals surface area contributed by atoms with Gasteiger partial charge in [0.15, 0.2) is 5.79 Å². The molecule has 1 N–H and O–H groups in total. The van der Waals surface area contributed by atoms with E-state index in [1.807, 2.05) is 12.1 Å². The van der Waals surface area contributed by atoms with Gasteiger partial charge in [-0.3, -0.25) is 4.79 Å². The van der Waals surface area contributed by atoms with E-state index in [1.165, 1.54) is 11.3 Å². The molecule has 0 unspecified atom stereocenters. The highest BCUT2D eigenvalue weighted by molar-refractivity contribution is 9.11. The normalized spacial score (nSPS) is 22.8. The Labute approximate surface area is 124 Å². The van der Waals surface area contributed by atoms with Gasteiger partial charge in [0.05, 0.1) is 21.9 Å². The van der Waals surface area contributed by atoms with Crippen LogP contribution in [0.1, 0.15) is 35.4 Å². The molecular weight excluding hydrogens is 330 g/mol. The first kappa shape index (κ1) is 13.5. The monoisotopic (exact) mass is 345 g/mol. The SMILES string of the molecule is O=C(NC1CCC2(CC1)OCCO2)c1ccc(Br)s1. The third kappa shape index (κ3) is 3.02. The maximum atomic E-state index is 12.1. The Morgan fingerprint density at radius 1 is 1.32 bits per heavy atom. The summed E-state index contributed by atoms with van der Waals surface area (Å²) in [5.41, 5.74) is 0. The summed E-state index contributed by atoms with van der Waals surface area (Å²) in [5, 5.41) is 3.09. The number of hydrogen-bond acceptors (Lipinski definition) is 4. The third-order valence-corrected chi connectivity index (χ3v) is 5.32. The van der Waals surface area contributed by atoms with Crippen LogP contribution in [0.25, 0.3) is 0 Å². The highest BCUT2D eigenvalue weighted by Gasteiger charge is 2.40. The summed E-state index contributed by atoms with van der Waals surface area (Å²) in [4.78, 5) is 12.8. The van der Waals surface area contributed by atoms with Crippen molar-refractivity contribution in [3.8, 4) is 0 Å². The van der Waals surface area contributed by atoms with Crippen LogP contribution in [-0.4, -0.2) is 30.9 Å². The van der Waals surface area contributed by atoms with Crippen molar-refractivity contribution in [3.05, 3.63) is 20.8 Å². The molecular formula is C13H16BrNO3S. The number of carbonyl (C=O) groups is 1. The number of amides is 1. The van der Waals surface area contributed by atoms with Gasteiger partial charge in [0.25, 0.3) is 5.91 Å². The second-order valence-corrected chi connectivity index (χ2v) is 7.42. The number of carbonyl (C=O) groups excluding carboxylic acids is 1. The zero-order valence-electron chi connectivity index (χ0n) is 10.5. The van der Waals surface area contributed by atoms with Gasteiger partial charge in [-0.2, -0.15) is 0 Å². The molecule has 6 heteroatoms. The summed E-state index contributed by atoms with van der Waals surface area (Å²) in [6, 6.07) is 3.97. The maximum absolute atomic E-state index is 12.1. The smallest absolute Gasteiger partial charge is 0.261 e. The molecule has 104 valence electrons. The number of thiophene rings is 1. The van der Waals surface area contributed by atoms with Crippen LogP contribution >= 0.6 is 27.3 Å². The predicted molar refractivity (Wildman–Crippen MR) is 76.4 cm³/mol. The second kappa shape index (κ2) is 5.52. The molecule has 2 aliphatic rings. The minimum absolute atomic E-state index is 0.0184. The number of nitrogens with one attached hydrogen (secondary N) is 1. The van der Waals surface area contributed by atoms with Crippen LogP contribution in [0.4, 0.5) is 0 Å². The molecule has 0 atom stereocenters. The minimum atomic E-state index is -0.354. The van der Waals surface area contributed by atoms with Gasteiger partial charge in [0.2, 0.25) is 0 Å². The largest absolute Gasteiger partial charge is 0.349 e. The van der Waals surface area contributed by atoms with Crippen LogP contribution in [0.2, 0.25) is 0 Å². The Hall–Kier alpha value is -0.430. The van der Waals surface area contributed by atoms with E-state index in [2.05, 4.69) is 21.2 Å². The van der Waals surface area contributed by atoms with Gasteiger partial charge in [0.1, 0.15) is 0 Å². The Morgan fingerprint density at radius 3 is 2.58 bits per heavy atom. The average Bonchev–Trinajstić information content (AvgIpc) is 3.02. The predicted octanol–water partition coefficient (Wildman–Crippen LogP) is 2.93. The van der Waals surface area contributed by atoms with Crippen molar-refractivity contribution in [2.45, 2.75) is 37.5 Å². The molecule has 0 radical (unpaired) electrons. The highest BCUT2D eigenvalue weighted by atomic mass is 79.9. The molecule has 2 heterocycles. The van der Waals surface area contributed by atoms with E-state index < -0.39 is 0 Å². The van der Waals surface area contributed by atoms with E-state index in [-0.39, 0.29) is 17.7 Å². The standard InChI is InChI=1S/C13H16BrNO3S/c14-11-2-1-10(19-11)12(16)15-9-3-5-13(6-4-9)17-7-8-18-13/h1-2,9H,3-8H2,(H,15,16). The van der Waals surface area contributed by atoms with Crippen molar-refractivity contribution in [2.24, 2.45) is 0 Å². The molecule has 1 aromatic heterocycles. The fourth-order valence-corrected chi connectivity index (χ4v) is 3.97. The zero-order valence-corrected chi connectivity index (χ0v) is 12.9. The molecule has 1 aliphatic heterocycles. The Bertz CT molecular complexity index is 460. The van der Waals surface area contributed by atoms with Gasteiger partial charge in [-0.15, -0.1) is 11.3 Å². The maximum Gasteiger partial charge on any atom is 0.261 e. The quantitative estimate of drug-likeness (QED) is 0.896. The molecule has 0 bridgehead atoms. The summed E-state index contributed by atoms with van der Waals surface area (Å²) < 4.78 is 12.3. The van der Waals surface area contributed by atoms with Crippen LogP contribution in [0.15, 0.2) is 15.9 Å². The van der Waals surface area contributed by atoms with E-state index in [1.54, 1.807) is 0 Å². The first-order valence-corrected chi connectivity index (χ1v) is 8.12. The van der Waals surface area contributed by atoms with E-state index in [9.17, 15) is 4.79 Å². The third-order valence-electron chi connectivity index (χ3n) is 3.69. The summed E-state index contributed by atoms with van der Waals surface area (Å²) in [6.45, 7) is 1.39. The Morgan fingerprint density at radius 2 is 2.00 bits per heavy atom. The molecule has 3 rings (SSSR count). The topological polar surface area (TPSA) is 47.6 Å². The zero-order chi connectivity index (χ0) is 13.3. The van der Waals surface area contributed by atoms with Crippen LogP contribution in [0.3, 0.4) is 0 Å². The summed E-state index contributed by atoms with van der Waals surface area (Å²) in [7, 11) is 0. The van der Waals surface area contributed by atoms with E-state index in [0.29, 0.717) is 13.2 Å². The summed E-state index contributed by atoms with van der Waals surface area (Å²) in [6.07, 6.45) is 3.56. The molecule has 1 saturated carbocycles. The molecule has 1 aliphatic carbocycles. The lowest BCUT2D eigenvalue weighted by Crippen LogP contribution is -2.43. The van der Waals surface area contributed by atoms with Crippen molar-refractivity contribution in [3.63, 3.8) is 0 Å². The number of hydrogen-bond donors (Lipinski definition) is 1. The van der Waals surface area contributed by atoms with Gasteiger partial charge in [-0.05, 0) is 40.9 Å². The lowest BCUT2D eigenvalue weighted by molar-refractivity contribution is -0.179. The lowest BCUT2D eigenvalue weighted by Gasteiger charge is -2.35. The van der Waals surface area contributed by atoms with Crippen molar-refractivity contribution >= 4 is 33.2 Å². The molecule has 1 saturated heterocycles. The fraction of sp³-hybridized carbons (Fsp3) is 0.615. The minimum Gasteiger partial charge on any atom is -0.349 e. The summed E-state index contributed by atoms with van der Waals surface area (Å²) >= 11 is 4.83. The van der Waals surface area contributed by atoms with Gasteiger partial charge in [-0.25, -0.2) is 0 Å². The van der Waals surface area contributed by atoms with Crippen LogP contribution in [0.5, 0.6) is 0 Å². The second-order valence-electron chi connectivity index (χ2n) is 4.96. The van der Waals surface area contributed by atoms with Crippen LogP contribution < -0.4 is 5.32 Å². The molecule has 1 aromatic rings. The van der Waals surface area contributed by atoms with E-state index in [0.717, 1.165) is 34.3 Å². The molecule has 1 spiro atoms. The van der Waals surface area contributed by atoms with Crippen molar-refractivity contribution in [1.29, 1.82) is 0 Å². The lowest BCUT2D eigenvalue weighted by atomic mass is 9.90. The van der Waals surface area contributed by atoms with Gasteiger partial charge < -0.3 is 14.8 Å². The van der Waals surface area contributed by atoms with Gasteiger partial charge in [0, 0.05) is 18.9 Å². The fourth-order valence-electron chi connectivity index (χ4n) is 2.68. The van der Waals surface area contributed by atoms with Crippen molar-refractivity contribution < 1.29 is 14.3 Å². The van der Waals surface area contributed by atoms with E-state index >= 15 is 0 Å². The first-order valence-electron chi connectivity index (χ1n) is 6.51. The van der Waals surface area contributed by atoms with Crippen molar-refractivity contribution in [1.82, 2.24) is 5.32 Å². The first-order chi connectivity index (χ1) is 9.17. The Balaban J connectivity index is 1.53.